The summed E-state index contributed by atoms with van der Waals surface area (Å²) < 4.78 is 7.22. The lowest BCUT2D eigenvalue weighted by atomic mass is 10.2. The third-order valence-corrected chi connectivity index (χ3v) is 2.90. The van der Waals surface area contributed by atoms with E-state index in [1.807, 2.05) is 43.4 Å². The van der Waals surface area contributed by atoms with Gasteiger partial charge >= 0.3 is 6.09 Å². The van der Waals surface area contributed by atoms with Gasteiger partial charge in [0, 0.05) is 0 Å². The molecule has 0 bridgehead atoms. The lowest BCUT2D eigenvalue weighted by Gasteiger charge is -2.20. The van der Waals surface area contributed by atoms with Gasteiger partial charge in [0.2, 0.25) is 0 Å². The first-order valence-corrected chi connectivity index (χ1v) is 6.03. The smallest absolute Gasteiger partial charge is 0.420 e. The highest BCUT2D eigenvalue weighted by Crippen LogP contribution is 2.21. The van der Waals surface area contributed by atoms with Crippen molar-refractivity contribution in [1.82, 2.24) is 19.5 Å². The van der Waals surface area contributed by atoms with Crippen molar-refractivity contribution in [3.05, 3.63) is 16.4 Å². The summed E-state index contributed by atoms with van der Waals surface area (Å²) in [6.45, 7) is 5.44. The fourth-order valence-electron chi connectivity index (χ4n) is 1.22. The molecule has 7 heteroatoms. The normalized spacial score (nSPS) is 11.8. The van der Waals surface area contributed by atoms with Crippen molar-refractivity contribution in [1.29, 1.82) is 0 Å². The molecule has 0 amide bonds. The number of nitrogens with zero attached hydrogens (tertiary/aromatic N) is 4. The molecule has 2 rings (SSSR count). The largest absolute Gasteiger partial charge is 0.443 e. The third-order valence-electron chi connectivity index (χ3n) is 1.87. The van der Waals surface area contributed by atoms with Crippen LogP contribution in [0.5, 0.6) is 0 Å². The van der Waals surface area contributed by atoms with Crippen molar-refractivity contribution < 1.29 is 9.53 Å². The molecule has 0 aromatic carbocycles. The van der Waals surface area contributed by atoms with Gasteiger partial charge in [-0.25, -0.2) is 24.3 Å². The maximum Gasteiger partial charge on any atom is 0.420 e. The lowest BCUT2D eigenvalue weighted by molar-refractivity contribution is 0.0529. The van der Waals surface area contributed by atoms with Gasteiger partial charge in [0.15, 0.2) is 5.82 Å². The summed E-state index contributed by atoms with van der Waals surface area (Å²) in [5.74, 6) is 0.522. The lowest BCUT2D eigenvalue weighted by Crippen LogP contribution is -2.28. The highest BCUT2D eigenvalue weighted by Gasteiger charge is 2.22. The average Bonchev–Trinajstić information content (AvgIpc) is 2.63. The summed E-state index contributed by atoms with van der Waals surface area (Å²) in [5.41, 5.74) is 0.0544. The van der Waals surface area contributed by atoms with Crippen LogP contribution in [0.2, 0.25) is 0 Å². The van der Waals surface area contributed by atoms with Crippen LogP contribution in [0.1, 0.15) is 20.8 Å². The molecule has 0 aliphatic carbocycles. The van der Waals surface area contributed by atoms with Gasteiger partial charge in [-0.3, -0.25) is 0 Å². The first kappa shape index (κ1) is 12.2. The molecule has 0 unspecified atom stereocenters. The minimum atomic E-state index is -0.542. The summed E-state index contributed by atoms with van der Waals surface area (Å²) in [6.07, 6.45) is 2.34. The number of halogens is 1. The molecule has 0 saturated carbocycles. The van der Waals surface area contributed by atoms with Crippen molar-refractivity contribution in [2.75, 3.05) is 0 Å². The number of fused-ring (bicyclic) bond motifs is 1. The van der Waals surface area contributed by atoms with E-state index in [0.29, 0.717) is 15.2 Å². The minimum absolute atomic E-state index is 0.473. The fraction of sp³-hybridized carbons (Fsp3) is 0.400. The van der Waals surface area contributed by atoms with E-state index in [0.717, 1.165) is 0 Å². The van der Waals surface area contributed by atoms with Crippen LogP contribution in [-0.4, -0.2) is 31.2 Å². The van der Waals surface area contributed by atoms with E-state index in [2.05, 4.69) is 15.0 Å². The summed E-state index contributed by atoms with van der Waals surface area (Å²) in [4.78, 5) is 23.9. The van der Waals surface area contributed by atoms with Gasteiger partial charge in [0.1, 0.15) is 27.7 Å². The predicted molar refractivity (Wildman–Crippen MR) is 68.8 cm³/mol. The van der Waals surface area contributed by atoms with Crippen LogP contribution < -0.4 is 0 Å². The SMILES string of the molecule is CC(C)(C)OC(=O)n1cnc2ncnc-2c1I. The van der Waals surface area contributed by atoms with E-state index in [1.165, 1.54) is 17.2 Å². The van der Waals surface area contributed by atoms with Crippen LogP contribution in [0, 0.1) is 3.70 Å². The Morgan fingerprint density at radius 3 is 2.71 bits per heavy atom. The second-order valence-corrected chi connectivity index (χ2v) is 5.45. The number of rotatable bonds is 0. The molecule has 0 radical (unpaired) electrons. The Labute approximate surface area is 112 Å². The summed E-state index contributed by atoms with van der Waals surface area (Å²) >= 11 is 2.02. The molecule has 17 heavy (non-hydrogen) atoms. The zero-order valence-electron chi connectivity index (χ0n) is 9.64. The van der Waals surface area contributed by atoms with E-state index in [9.17, 15) is 4.79 Å². The first-order valence-electron chi connectivity index (χ1n) is 4.95. The number of ether oxygens (including phenoxy) is 1. The molecular formula is C10H11IN4O2. The predicted octanol–water partition coefficient (Wildman–Crippen LogP) is 2.17. The minimum Gasteiger partial charge on any atom is -0.443 e. The highest BCUT2D eigenvalue weighted by molar-refractivity contribution is 14.1. The Kier molecular flexibility index (Phi) is 3.02. The van der Waals surface area contributed by atoms with Crippen molar-refractivity contribution in [3.63, 3.8) is 0 Å². The molecule has 0 aromatic rings. The molecule has 0 atom stereocenters. The molecular weight excluding hydrogens is 335 g/mol. The quantitative estimate of drug-likeness (QED) is 0.540. The van der Waals surface area contributed by atoms with Crippen LogP contribution in [0.25, 0.3) is 11.5 Å². The van der Waals surface area contributed by atoms with E-state index >= 15 is 0 Å². The molecule has 2 aliphatic rings. The first-order chi connectivity index (χ1) is 7.88. The summed E-state index contributed by atoms with van der Waals surface area (Å²) in [6, 6.07) is 0. The van der Waals surface area contributed by atoms with Gasteiger partial charge in [-0.05, 0) is 43.4 Å². The summed E-state index contributed by atoms with van der Waals surface area (Å²) in [5, 5.41) is 0. The highest BCUT2D eigenvalue weighted by atomic mass is 127. The van der Waals surface area contributed by atoms with Gasteiger partial charge in [-0.2, -0.15) is 0 Å². The fourth-order valence-corrected chi connectivity index (χ4v) is 1.92. The van der Waals surface area contributed by atoms with Gasteiger partial charge in [-0.1, -0.05) is 0 Å². The van der Waals surface area contributed by atoms with Gasteiger partial charge in [0.05, 0.1) is 0 Å². The Bertz CT molecular complexity index is 532. The van der Waals surface area contributed by atoms with E-state index in [1.54, 1.807) is 0 Å². The van der Waals surface area contributed by atoms with Crippen LogP contribution >= 0.6 is 22.6 Å². The van der Waals surface area contributed by atoms with Crippen LogP contribution in [0.4, 0.5) is 4.79 Å². The topological polar surface area (TPSA) is 69.9 Å². The van der Waals surface area contributed by atoms with Crippen LogP contribution in [0.3, 0.4) is 0 Å². The van der Waals surface area contributed by atoms with Crippen molar-refractivity contribution in [3.8, 4) is 11.5 Å². The number of hydrogen-bond donors (Lipinski definition) is 0. The van der Waals surface area contributed by atoms with Gasteiger partial charge in [0.25, 0.3) is 0 Å². The Hall–Kier alpha value is -1.25. The average molecular weight is 346 g/mol. The number of carbonyl (C=O) groups excluding carboxylic acids is 1. The Balaban J connectivity index is 2.40. The molecule has 90 valence electrons. The number of imidazole rings is 1. The van der Waals surface area contributed by atoms with Gasteiger partial charge < -0.3 is 4.74 Å². The molecule has 0 aromatic heterocycles. The molecule has 2 heterocycles. The number of aromatic nitrogens is 4. The zero-order valence-corrected chi connectivity index (χ0v) is 11.8. The van der Waals surface area contributed by atoms with Crippen LogP contribution in [0.15, 0.2) is 12.7 Å². The molecule has 0 spiro atoms. The van der Waals surface area contributed by atoms with Crippen molar-refractivity contribution in [2.24, 2.45) is 0 Å². The molecule has 0 saturated heterocycles. The van der Waals surface area contributed by atoms with E-state index < -0.39 is 11.7 Å². The van der Waals surface area contributed by atoms with Crippen molar-refractivity contribution in [2.45, 2.75) is 26.4 Å². The molecule has 2 aliphatic heterocycles. The Morgan fingerprint density at radius 1 is 1.35 bits per heavy atom. The standard InChI is InChI=1S/C10H11IN4O2/c1-10(2,3)17-9(16)15-5-14-8-6(7(15)11)12-4-13-8/h4-5H,1-3H3. The second-order valence-electron chi connectivity index (χ2n) is 4.43. The van der Waals surface area contributed by atoms with E-state index in [-0.39, 0.29) is 0 Å². The monoisotopic (exact) mass is 346 g/mol. The van der Waals surface area contributed by atoms with Crippen LogP contribution in [-0.2, 0) is 4.74 Å². The van der Waals surface area contributed by atoms with E-state index in [4.69, 9.17) is 4.74 Å². The van der Waals surface area contributed by atoms with Crippen molar-refractivity contribution >= 4 is 28.7 Å². The second kappa shape index (κ2) is 4.21. The third kappa shape index (κ3) is 2.54. The summed E-state index contributed by atoms with van der Waals surface area (Å²) in [7, 11) is 0. The molecule has 0 N–H and O–H groups in total. The van der Waals surface area contributed by atoms with Gasteiger partial charge in [-0.15, -0.1) is 0 Å². The Morgan fingerprint density at radius 2 is 2.06 bits per heavy atom. The molecule has 0 fully saturated rings. The number of carbonyl (C=O) groups is 1. The molecule has 6 nitrogen and oxygen atoms in total. The maximum atomic E-state index is 11.9. The number of hydrogen-bond acceptors (Lipinski definition) is 5. The zero-order chi connectivity index (χ0) is 12.6. The maximum absolute atomic E-state index is 11.9.